The molecule has 1 aromatic carbocycles. The van der Waals surface area contributed by atoms with Gasteiger partial charge < -0.3 is 25.0 Å². The summed E-state index contributed by atoms with van der Waals surface area (Å²) in [7, 11) is 1.56. The van der Waals surface area contributed by atoms with Gasteiger partial charge in [-0.05, 0) is 50.1 Å². The molecule has 1 rings (SSSR count). The largest absolute Gasteiger partial charge is 0.491 e. The topological polar surface area (TPSA) is 71.0 Å². The molecule has 2 atom stereocenters. The molecule has 120 valence electrons. The Hall–Kier alpha value is -1.14. The Labute approximate surface area is 126 Å². The molecule has 0 fully saturated rings. The highest BCUT2D eigenvalue weighted by molar-refractivity contribution is 5.32. The summed E-state index contributed by atoms with van der Waals surface area (Å²) in [6.45, 7) is 5.68. The third-order valence-electron chi connectivity index (χ3n) is 3.03. The molecule has 3 N–H and O–H groups in total. The molecular formula is C16H27NO4. The highest BCUT2D eigenvalue weighted by atomic mass is 16.5. The smallest absolute Gasteiger partial charge is 0.119 e. The molecule has 0 saturated heterocycles. The fourth-order valence-corrected chi connectivity index (χ4v) is 2.08. The van der Waals surface area contributed by atoms with Crippen LogP contribution in [-0.4, -0.2) is 55.8 Å². The highest BCUT2D eigenvalue weighted by Gasteiger charge is 2.07. The van der Waals surface area contributed by atoms with Crippen LogP contribution in [-0.2, 0) is 4.74 Å². The van der Waals surface area contributed by atoms with Crippen LogP contribution in [0.2, 0.25) is 0 Å². The normalized spacial score (nSPS) is 14.0. The van der Waals surface area contributed by atoms with Gasteiger partial charge in [0.05, 0.1) is 12.7 Å². The maximum absolute atomic E-state index is 9.84. The van der Waals surface area contributed by atoms with Crippen LogP contribution in [0.4, 0.5) is 0 Å². The summed E-state index contributed by atoms with van der Waals surface area (Å²) < 4.78 is 10.4. The first-order valence-electron chi connectivity index (χ1n) is 7.28. The molecule has 0 saturated carbocycles. The summed E-state index contributed by atoms with van der Waals surface area (Å²) in [5, 5.41) is 22.4. The third-order valence-corrected chi connectivity index (χ3v) is 3.03. The summed E-state index contributed by atoms with van der Waals surface area (Å²) >= 11 is 0. The van der Waals surface area contributed by atoms with Gasteiger partial charge in [0, 0.05) is 13.7 Å². The third kappa shape index (κ3) is 8.02. The van der Waals surface area contributed by atoms with Crippen LogP contribution in [0, 0.1) is 13.8 Å². The van der Waals surface area contributed by atoms with E-state index in [0.717, 1.165) is 16.9 Å². The predicted molar refractivity (Wildman–Crippen MR) is 82.8 cm³/mol. The maximum Gasteiger partial charge on any atom is 0.119 e. The van der Waals surface area contributed by atoms with Gasteiger partial charge in [-0.25, -0.2) is 0 Å². The van der Waals surface area contributed by atoms with Crippen molar-refractivity contribution in [1.82, 2.24) is 5.32 Å². The SMILES string of the molecule is COCC(O)CCNCC(O)COc1cc(C)cc(C)c1. The van der Waals surface area contributed by atoms with E-state index in [1.165, 1.54) is 0 Å². The molecule has 0 radical (unpaired) electrons. The van der Waals surface area contributed by atoms with Crippen molar-refractivity contribution >= 4 is 0 Å². The van der Waals surface area contributed by atoms with E-state index in [1.807, 2.05) is 26.0 Å². The minimum atomic E-state index is -0.578. The molecule has 21 heavy (non-hydrogen) atoms. The average molecular weight is 297 g/mol. The van der Waals surface area contributed by atoms with Gasteiger partial charge in [-0.3, -0.25) is 0 Å². The second kappa shape index (κ2) is 9.73. The first kappa shape index (κ1) is 17.9. The van der Waals surface area contributed by atoms with Crippen molar-refractivity contribution in [2.45, 2.75) is 32.5 Å². The van der Waals surface area contributed by atoms with Crippen LogP contribution in [0.15, 0.2) is 18.2 Å². The van der Waals surface area contributed by atoms with Crippen molar-refractivity contribution in [2.75, 3.05) is 33.4 Å². The number of aliphatic hydroxyl groups is 2. The molecule has 1 aromatic rings. The number of hydrogen-bond donors (Lipinski definition) is 3. The van der Waals surface area contributed by atoms with Gasteiger partial charge in [0.1, 0.15) is 18.5 Å². The lowest BCUT2D eigenvalue weighted by atomic mass is 10.1. The van der Waals surface area contributed by atoms with Crippen LogP contribution >= 0.6 is 0 Å². The van der Waals surface area contributed by atoms with E-state index in [2.05, 4.69) is 11.4 Å². The number of methoxy groups -OCH3 is 1. The van der Waals surface area contributed by atoms with Gasteiger partial charge in [-0.15, -0.1) is 0 Å². The summed E-state index contributed by atoms with van der Waals surface area (Å²) in [4.78, 5) is 0. The zero-order valence-electron chi connectivity index (χ0n) is 13.1. The Morgan fingerprint density at radius 2 is 1.71 bits per heavy atom. The van der Waals surface area contributed by atoms with E-state index in [4.69, 9.17) is 9.47 Å². The lowest BCUT2D eigenvalue weighted by Gasteiger charge is -2.15. The molecule has 0 aliphatic carbocycles. The summed E-state index contributed by atoms with van der Waals surface area (Å²) in [5.41, 5.74) is 2.29. The number of hydrogen-bond acceptors (Lipinski definition) is 5. The Balaban J connectivity index is 2.17. The van der Waals surface area contributed by atoms with Gasteiger partial charge in [0.25, 0.3) is 0 Å². The van der Waals surface area contributed by atoms with Crippen molar-refractivity contribution in [2.24, 2.45) is 0 Å². The molecule has 0 aromatic heterocycles. The van der Waals surface area contributed by atoms with E-state index in [0.29, 0.717) is 26.1 Å². The number of aliphatic hydroxyl groups excluding tert-OH is 2. The minimum absolute atomic E-state index is 0.247. The number of rotatable bonds is 10. The molecule has 0 amide bonds. The molecule has 2 unspecified atom stereocenters. The van der Waals surface area contributed by atoms with E-state index in [1.54, 1.807) is 7.11 Å². The Bertz CT molecular complexity index is 391. The van der Waals surface area contributed by atoms with Crippen molar-refractivity contribution in [1.29, 1.82) is 0 Å². The van der Waals surface area contributed by atoms with Crippen LogP contribution in [0.5, 0.6) is 5.75 Å². The number of aryl methyl sites for hydroxylation is 2. The first-order chi connectivity index (χ1) is 10.0. The zero-order valence-corrected chi connectivity index (χ0v) is 13.1. The molecule has 0 spiro atoms. The molecule has 5 heteroatoms. The van der Waals surface area contributed by atoms with Crippen LogP contribution in [0.25, 0.3) is 0 Å². The fraction of sp³-hybridized carbons (Fsp3) is 0.625. The molecule has 0 aliphatic heterocycles. The summed E-state index contributed by atoms with van der Waals surface area (Å²) in [6, 6.07) is 5.98. The van der Waals surface area contributed by atoms with Gasteiger partial charge in [-0.1, -0.05) is 6.07 Å². The first-order valence-corrected chi connectivity index (χ1v) is 7.28. The Morgan fingerprint density at radius 3 is 2.33 bits per heavy atom. The quantitative estimate of drug-likeness (QED) is 0.563. The van der Waals surface area contributed by atoms with Crippen molar-refractivity contribution in [3.05, 3.63) is 29.3 Å². The molecular weight excluding hydrogens is 270 g/mol. The average Bonchev–Trinajstić information content (AvgIpc) is 2.41. The number of nitrogens with one attached hydrogen (secondary N) is 1. The van der Waals surface area contributed by atoms with Crippen LogP contribution < -0.4 is 10.1 Å². The van der Waals surface area contributed by atoms with E-state index >= 15 is 0 Å². The lowest BCUT2D eigenvalue weighted by molar-refractivity contribution is 0.0577. The van der Waals surface area contributed by atoms with Crippen molar-refractivity contribution in [3.8, 4) is 5.75 Å². The maximum atomic E-state index is 9.84. The van der Waals surface area contributed by atoms with Gasteiger partial charge in [0.2, 0.25) is 0 Å². The number of benzene rings is 1. The van der Waals surface area contributed by atoms with Crippen LogP contribution in [0.3, 0.4) is 0 Å². The van der Waals surface area contributed by atoms with E-state index < -0.39 is 12.2 Å². The monoisotopic (exact) mass is 297 g/mol. The Kier molecular flexibility index (Phi) is 8.30. The lowest BCUT2D eigenvalue weighted by Crippen LogP contribution is -2.33. The predicted octanol–water partition coefficient (Wildman–Crippen LogP) is 1.03. The van der Waals surface area contributed by atoms with E-state index in [9.17, 15) is 10.2 Å². The Morgan fingerprint density at radius 1 is 1.05 bits per heavy atom. The van der Waals surface area contributed by atoms with Gasteiger partial charge >= 0.3 is 0 Å². The second-order valence-corrected chi connectivity index (χ2v) is 5.39. The van der Waals surface area contributed by atoms with Crippen molar-refractivity contribution in [3.63, 3.8) is 0 Å². The molecule has 0 heterocycles. The zero-order chi connectivity index (χ0) is 15.7. The number of ether oxygens (including phenoxy) is 2. The van der Waals surface area contributed by atoms with Gasteiger partial charge in [0.15, 0.2) is 0 Å². The molecule has 5 nitrogen and oxygen atoms in total. The molecule has 0 bridgehead atoms. The standard InChI is InChI=1S/C16H27NO4/c1-12-6-13(2)8-16(7-12)21-11-15(19)9-17-5-4-14(18)10-20-3/h6-8,14-15,17-19H,4-5,9-11H2,1-3H3. The van der Waals surface area contributed by atoms with E-state index in [-0.39, 0.29) is 6.61 Å². The van der Waals surface area contributed by atoms with Crippen molar-refractivity contribution < 1.29 is 19.7 Å². The summed E-state index contributed by atoms with van der Waals surface area (Å²) in [6.07, 6.45) is -0.449. The summed E-state index contributed by atoms with van der Waals surface area (Å²) in [5.74, 6) is 0.780. The molecule has 0 aliphatic rings. The van der Waals surface area contributed by atoms with Gasteiger partial charge in [-0.2, -0.15) is 0 Å². The minimum Gasteiger partial charge on any atom is -0.491 e. The highest BCUT2D eigenvalue weighted by Crippen LogP contribution is 2.16. The van der Waals surface area contributed by atoms with Crippen LogP contribution in [0.1, 0.15) is 17.5 Å². The fourth-order valence-electron chi connectivity index (χ4n) is 2.08. The second-order valence-electron chi connectivity index (χ2n) is 5.39.